The quantitative estimate of drug-likeness (QED) is 0.0664. The summed E-state index contributed by atoms with van der Waals surface area (Å²) in [5, 5.41) is 37.5. The first kappa shape index (κ1) is 54.6. The van der Waals surface area contributed by atoms with Crippen molar-refractivity contribution in [3.63, 3.8) is 0 Å². The van der Waals surface area contributed by atoms with Crippen LogP contribution in [0.15, 0.2) is 84.5 Å². The van der Waals surface area contributed by atoms with Crippen LogP contribution in [0.5, 0.6) is 5.75 Å². The maximum atomic E-state index is 14.4. The number of hydrogen-bond donors (Lipinski definition) is 4. The summed E-state index contributed by atoms with van der Waals surface area (Å²) < 4.78 is 6.43. The Kier molecular flexibility index (Phi) is 17.1. The van der Waals surface area contributed by atoms with Gasteiger partial charge in [0.15, 0.2) is 5.78 Å². The Morgan fingerprint density at radius 1 is 1.01 bits per heavy atom. The van der Waals surface area contributed by atoms with Crippen LogP contribution in [0.1, 0.15) is 113 Å². The third-order valence-corrected chi connectivity index (χ3v) is 16.8. The number of hydrogen-bond acceptors (Lipinski definition) is 12. The van der Waals surface area contributed by atoms with Crippen molar-refractivity contribution in [2.24, 2.45) is 22.2 Å². The number of aromatic nitrogens is 1. The summed E-state index contributed by atoms with van der Waals surface area (Å²) >= 11 is 7.89. The van der Waals surface area contributed by atoms with E-state index in [4.69, 9.17) is 16.3 Å². The second-order valence-corrected chi connectivity index (χ2v) is 23.8. The fraction of sp³-hybridized carbons (Fsp3) is 0.526. The van der Waals surface area contributed by atoms with E-state index in [1.807, 2.05) is 69.3 Å². The van der Waals surface area contributed by atoms with Crippen LogP contribution in [0.3, 0.4) is 0 Å². The second-order valence-electron chi connectivity index (χ2n) is 22.5. The summed E-state index contributed by atoms with van der Waals surface area (Å²) in [6.45, 7) is 25.5. The topological polar surface area (TPSA) is 171 Å². The molecule has 13 nitrogen and oxygen atoms in total. The number of amides is 2. The first-order valence-electron chi connectivity index (χ1n) is 25.3. The van der Waals surface area contributed by atoms with E-state index >= 15 is 0 Å². The van der Waals surface area contributed by atoms with Crippen molar-refractivity contribution in [2.45, 2.75) is 124 Å². The molecule has 4 aromatic rings. The Balaban J connectivity index is 0.862. The van der Waals surface area contributed by atoms with Crippen LogP contribution in [0.4, 0.5) is 0 Å². The zero-order chi connectivity index (χ0) is 52.3. The lowest BCUT2D eigenvalue weighted by atomic mass is 9.44. The molecule has 5 atom stereocenters. The number of piperazine rings is 1. The Bertz CT molecular complexity index is 2600. The van der Waals surface area contributed by atoms with Crippen LogP contribution in [0, 0.1) is 40.4 Å². The van der Waals surface area contributed by atoms with Gasteiger partial charge in [-0.1, -0.05) is 115 Å². The standard InChI is InChI=1S/C57H74ClN7O6S/c1-35(39-17-19-41(20-18-39)51-37(3)60-34-72-51)61-36(2)47-26-44(67)31-65(47)53(70)52(55(4,5)6)62-50(69)32-63-24-25-64(43(30-63)33-66)23-11-12-38-13-15-40(16-14-38)48(68)28-49-56(7,8)54(57(49,9)10)71-45-22-21-42(29-59)46(58)27-45/h13-22,27,34-35,43-44,47,49,52,54,61,66-67H,2,11-12,23-26,28,30-33H2,1,3-10H3,(H,62,69)/t35-,43+,44+,47-,49?,52+,54?/m0/s1. The summed E-state index contributed by atoms with van der Waals surface area (Å²) in [5.41, 5.74) is 6.73. The average Bonchev–Trinajstić information content (AvgIpc) is 3.96. The molecule has 4 N–H and O–H groups in total. The zero-order valence-electron chi connectivity index (χ0n) is 43.5. The fourth-order valence-corrected chi connectivity index (χ4v) is 12.6. The highest BCUT2D eigenvalue weighted by Gasteiger charge is 2.63. The minimum Gasteiger partial charge on any atom is -0.489 e. The molecule has 7 rings (SSSR count). The molecule has 3 aromatic carbocycles. The normalized spacial score (nSPS) is 22.8. The molecule has 2 aliphatic heterocycles. The van der Waals surface area contributed by atoms with Gasteiger partial charge in [0.2, 0.25) is 11.8 Å². The summed E-state index contributed by atoms with van der Waals surface area (Å²) in [4.78, 5) is 53.3. The third-order valence-electron chi connectivity index (χ3n) is 15.5. The molecule has 0 bridgehead atoms. The minimum absolute atomic E-state index is 0.0453. The van der Waals surface area contributed by atoms with Crippen molar-refractivity contribution >= 4 is 40.5 Å². The Hall–Kier alpha value is -5.14. The summed E-state index contributed by atoms with van der Waals surface area (Å²) in [5.74, 6) is 0.286. The van der Waals surface area contributed by atoms with Crippen molar-refractivity contribution < 1.29 is 29.3 Å². The molecule has 3 aliphatic rings. The number of aliphatic hydroxyl groups excluding tert-OH is 2. The van der Waals surface area contributed by atoms with E-state index in [0.717, 1.165) is 46.6 Å². The van der Waals surface area contributed by atoms with E-state index in [-0.39, 0.29) is 72.2 Å². The summed E-state index contributed by atoms with van der Waals surface area (Å²) in [6.07, 6.45) is 1.57. The predicted molar refractivity (Wildman–Crippen MR) is 285 cm³/mol. The molecule has 72 heavy (non-hydrogen) atoms. The van der Waals surface area contributed by atoms with E-state index in [1.165, 1.54) is 0 Å². The Morgan fingerprint density at radius 3 is 2.32 bits per heavy atom. The number of nitrogens with zero attached hydrogens (tertiary/aromatic N) is 5. The molecule has 1 aromatic heterocycles. The zero-order valence-corrected chi connectivity index (χ0v) is 45.1. The molecule has 0 unspecified atom stereocenters. The molecule has 3 fully saturated rings. The molecule has 1 saturated carbocycles. The van der Waals surface area contributed by atoms with Gasteiger partial charge in [0.05, 0.1) is 52.0 Å². The third kappa shape index (κ3) is 12.3. The van der Waals surface area contributed by atoms with Crippen molar-refractivity contribution in [3.05, 3.63) is 117 Å². The molecular formula is C57H74ClN7O6S. The summed E-state index contributed by atoms with van der Waals surface area (Å²) in [7, 11) is 0. The lowest BCUT2D eigenvalue weighted by Crippen LogP contribution is -2.66. The maximum Gasteiger partial charge on any atom is 0.246 e. The fourth-order valence-electron chi connectivity index (χ4n) is 11.6. The molecule has 3 heterocycles. The minimum atomic E-state index is -0.842. The van der Waals surface area contributed by atoms with E-state index in [9.17, 15) is 29.9 Å². The molecule has 2 amide bonds. The molecule has 386 valence electrons. The van der Waals surface area contributed by atoms with Gasteiger partial charge >= 0.3 is 0 Å². The number of benzene rings is 3. The predicted octanol–water partition coefficient (Wildman–Crippen LogP) is 8.61. The van der Waals surface area contributed by atoms with Gasteiger partial charge in [-0.2, -0.15) is 5.26 Å². The SMILES string of the molecule is C=C(N[C@@H](C)c1ccc(-c2scnc2C)cc1)[C@@H]1C[C@@H](O)CN1C(=O)[C@@H](NC(=O)CN1CCN(CCCc2ccc(C(=O)CC3C(C)(C)C(Oc4ccc(C#N)c(Cl)c4)C3(C)C)cc2)[C@@H](CO)C1)C(C)(C)C. The van der Waals surface area contributed by atoms with Crippen LogP contribution in [0.25, 0.3) is 10.4 Å². The van der Waals surface area contributed by atoms with Crippen molar-refractivity contribution in [2.75, 3.05) is 45.9 Å². The largest absolute Gasteiger partial charge is 0.489 e. The van der Waals surface area contributed by atoms with Crippen molar-refractivity contribution in [1.82, 2.24) is 30.3 Å². The van der Waals surface area contributed by atoms with Gasteiger partial charge in [0, 0.05) is 79.3 Å². The number of nitriles is 1. The van der Waals surface area contributed by atoms with Gasteiger partial charge in [-0.3, -0.25) is 24.2 Å². The molecule has 0 radical (unpaired) electrons. The van der Waals surface area contributed by atoms with E-state index in [0.29, 0.717) is 60.1 Å². The summed E-state index contributed by atoms with van der Waals surface area (Å²) in [6, 6.07) is 21.9. The molecule has 0 spiro atoms. The van der Waals surface area contributed by atoms with Crippen LogP contribution in [0.2, 0.25) is 5.02 Å². The average molecular weight is 1020 g/mol. The number of halogens is 1. The molecule has 1 aliphatic carbocycles. The lowest BCUT2D eigenvalue weighted by molar-refractivity contribution is -0.196. The number of aliphatic hydroxyl groups is 2. The van der Waals surface area contributed by atoms with E-state index in [1.54, 1.807) is 34.4 Å². The highest BCUT2D eigenvalue weighted by molar-refractivity contribution is 7.13. The van der Waals surface area contributed by atoms with E-state index < -0.39 is 23.6 Å². The number of Topliss-reactive ketones (excluding diaryl/α,β-unsaturated/α-hetero) is 1. The number of carbonyl (C=O) groups excluding carboxylic acids is 3. The first-order chi connectivity index (χ1) is 34.0. The number of rotatable bonds is 19. The van der Waals surface area contributed by atoms with Gasteiger partial charge in [-0.25, -0.2) is 4.98 Å². The van der Waals surface area contributed by atoms with Crippen LogP contribution >= 0.6 is 22.9 Å². The number of carbonyl (C=O) groups is 3. The van der Waals surface area contributed by atoms with Crippen molar-refractivity contribution in [3.8, 4) is 22.3 Å². The highest BCUT2D eigenvalue weighted by Crippen LogP contribution is 2.62. The van der Waals surface area contributed by atoms with Gasteiger partial charge in [0.1, 0.15) is 24.0 Å². The number of β-amino-alcohol motifs (C(OH)–C–C–N with tert-alkyl or cyclic N) is 1. The number of nitrogens with one attached hydrogen (secondary N) is 2. The number of ether oxygens (including phenoxy) is 1. The number of thiazole rings is 1. The first-order valence-corrected chi connectivity index (χ1v) is 26.6. The highest BCUT2D eigenvalue weighted by atomic mass is 35.5. The Labute approximate surface area is 435 Å². The van der Waals surface area contributed by atoms with Gasteiger partial charge < -0.3 is 30.5 Å². The maximum absolute atomic E-state index is 14.4. The van der Waals surface area contributed by atoms with Gasteiger partial charge in [-0.05, 0) is 73.4 Å². The number of likely N-dealkylation sites (tertiary alicyclic amines) is 1. The molecule has 15 heteroatoms. The van der Waals surface area contributed by atoms with Crippen LogP contribution in [-0.2, 0) is 16.0 Å². The van der Waals surface area contributed by atoms with Gasteiger partial charge in [-0.15, -0.1) is 11.3 Å². The van der Waals surface area contributed by atoms with E-state index in [2.05, 4.69) is 85.1 Å². The molecular weight excluding hydrogens is 946 g/mol. The van der Waals surface area contributed by atoms with Crippen LogP contribution in [-0.4, -0.2) is 124 Å². The molecule has 2 saturated heterocycles. The lowest BCUT2D eigenvalue weighted by Gasteiger charge is -2.63. The van der Waals surface area contributed by atoms with Gasteiger partial charge in [0.25, 0.3) is 0 Å². The second kappa shape index (κ2) is 22.5. The monoisotopic (exact) mass is 1020 g/mol. The smallest absolute Gasteiger partial charge is 0.246 e. The number of ketones is 1. The number of aryl methyl sites for hydroxylation is 2. The van der Waals surface area contributed by atoms with Crippen LogP contribution < -0.4 is 15.4 Å². The van der Waals surface area contributed by atoms with Crippen molar-refractivity contribution in [1.29, 1.82) is 5.26 Å². The Morgan fingerprint density at radius 2 is 1.71 bits per heavy atom.